The highest BCUT2D eigenvalue weighted by molar-refractivity contribution is 5.77. The van der Waals surface area contributed by atoms with E-state index in [-0.39, 0.29) is 6.01 Å². The van der Waals surface area contributed by atoms with Crippen LogP contribution in [0.1, 0.15) is 18.4 Å². The minimum absolute atomic E-state index is 0.190. The van der Waals surface area contributed by atoms with Crippen LogP contribution in [0.2, 0.25) is 0 Å². The van der Waals surface area contributed by atoms with Gasteiger partial charge in [-0.05, 0) is 61.4 Å². The standard InChI is InChI=1S/C32H36N6O5/c1-37-11-13-38(14-12-37)24-9-10-27(28(17-24)33-19-22-15-25(39-2)18-26(16-22)40-3)31-35-36-32(43-31)34-30-21-41-20-29(42-30)23-7-5-4-6-8-23/h4-5,7,9-10,15-18,20-21,33H,6,8,11-14,19H2,1-3H3,(H,34,36). The minimum Gasteiger partial charge on any atom is -0.497 e. The molecule has 1 aromatic heterocycles. The third kappa shape index (κ3) is 6.78. The molecular formula is C32H36N6O5. The van der Waals surface area contributed by atoms with Crippen LogP contribution < -0.4 is 25.0 Å². The summed E-state index contributed by atoms with van der Waals surface area (Å²) in [5.74, 6) is 2.83. The van der Waals surface area contributed by atoms with E-state index in [1.165, 1.54) is 6.26 Å². The highest BCUT2D eigenvalue weighted by Gasteiger charge is 2.21. The number of ether oxygens (including phenoxy) is 4. The van der Waals surface area contributed by atoms with Gasteiger partial charge in [0.15, 0.2) is 12.0 Å². The molecule has 224 valence electrons. The van der Waals surface area contributed by atoms with Crippen molar-refractivity contribution in [2.24, 2.45) is 0 Å². The van der Waals surface area contributed by atoms with Gasteiger partial charge in [0.1, 0.15) is 17.8 Å². The quantitative estimate of drug-likeness (QED) is 0.316. The molecule has 6 rings (SSSR count). The van der Waals surface area contributed by atoms with Crippen molar-refractivity contribution in [2.75, 3.05) is 63.0 Å². The van der Waals surface area contributed by atoms with Crippen LogP contribution in [0.5, 0.6) is 11.5 Å². The predicted octanol–water partition coefficient (Wildman–Crippen LogP) is 5.49. The number of methoxy groups -OCH3 is 2. The Balaban J connectivity index is 1.22. The van der Waals surface area contributed by atoms with Crippen molar-refractivity contribution in [3.63, 3.8) is 0 Å². The lowest BCUT2D eigenvalue weighted by Crippen LogP contribution is -2.44. The number of nitrogens with zero attached hydrogens (tertiary/aromatic N) is 4. The zero-order valence-corrected chi connectivity index (χ0v) is 24.6. The molecule has 0 spiro atoms. The number of aromatic nitrogens is 2. The van der Waals surface area contributed by atoms with Crippen LogP contribution in [0.3, 0.4) is 0 Å². The van der Waals surface area contributed by atoms with Crippen LogP contribution in [-0.4, -0.2) is 62.5 Å². The van der Waals surface area contributed by atoms with Crippen LogP contribution in [0.4, 0.5) is 17.4 Å². The topological polar surface area (TPSA) is 106 Å². The van der Waals surface area contributed by atoms with Crippen molar-refractivity contribution in [3.05, 3.63) is 89.9 Å². The molecular weight excluding hydrogens is 548 g/mol. The average molecular weight is 585 g/mol. The van der Waals surface area contributed by atoms with Crippen LogP contribution >= 0.6 is 0 Å². The number of nitrogens with one attached hydrogen (secondary N) is 2. The van der Waals surface area contributed by atoms with Gasteiger partial charge in [0.2, 0.25) is 5.88 Å². The first-order valence-electron chi connectivity index (χ1n) is 14.3. The van der Waals surface area contributed by atoms with Crippen LogP contribution in [-0.2, 0) is 16.0 Å². The maximum Gasteiger partial charge on any atom is 0.322 e. The molecule has 3 aromatic rings. The van der Waals surface area contributed by atoms with Gasteiger partial charge in [-0.2, -0.15) is 0 Å². The zero-order chi connectivity index (χ0) is 29.6. The van der Waals surface area contributed by atoms with E-state index in [1.54, 1.807) is 20.5 Å². The number of likely N-dealkylation sites (N-methyl/N-ethyl adjacent to an activating group) is 1. The summed E-state index contributed by atoms with van der Waals surface area (Å²) in [6, 6.07) is 12.3. The summed E-state index contributed by atoms with van der Waals surface area (Å²) in [6.07, 6.45) is 11.1. The van der Waals surface area contributed by atoms with Gasteiger partial charge in [0, 0.05) is 50.2 Å². The Morgan fingerprint density at radius 1 is 0.953 bits per heavy atom. The minimum atomic E-state index is 0.190. The molecule has 2 aromatic carbocycles. The van der Waals surface area contributed by atoms with E-state index in [4.69, 9.17) is 23.4 Å². The molecule has 1 saturated heterocycles. The van der Waals surface area contributed by atoms with Crippen LogP contribution in [0.15, 0.2) is 88.8 Å². The number of benzene rings is 2. The highest BCUT2D eigenvalue weighted by atomic mass is 16.6. The van der Waals surface area contributed by atoms with Gasteiger partial charge in [0.05, 0.1) is 19.8 Å². The first-order chi connectivity index (χ1) is 21.1. The molecule has 11 heteroatoms. The molecule has 0 atom stereocenters. The predicted molar refractivity (Wildman–Crippen MR) is 165 cm³/mol. The Hall–Kier alpha value is -4.90. The molecule has 11 nitrogen and oxygen atoms in total. The Labute approximate surface area is 251 Å². The van der Waals surface area contributed by atoms with Gasteiger partial charge in [-0.25, -0.2) is 0 Å². The Morgan fingerprint density at radius 3 is 2.51 bits per heavy atom. The number of hydrogen-bond donors (Lipinski definition) is 2. The smallest absolute Gasteiger partial charge is 0.322 e. The van der Waals surface area contributed by atoms with E-state index in [2.05, 4.69) is 55.9 Å². The van der Waals surface area contributed by atoms with Crippen molar-refractivity contribution in [3.8, 4) is 23.0 Å². The van der Waals surface area contributed by atoms with Crippen molar-refractivity contribution in [1.29, 1.82) is 0 Å². The number of allylic oxidation sites excluding steroid dienone is 4. The highest BCUT2D eigenvalue weighted by Crippen LogP contribution is 2.34. The molecule has 1 fully saturated rings. The second-order valence-electron chi connectivity index (χ2n) is 10.5. The molecule has 2 N–H and O–H groups in total. The van der Waals surface area contributed by atoms with Gasteiger partial charge < -0.3 is 38.5 Å². The number of hydrogen-bond acceptors (Lipinski definition) is 11. The summed E-state index contributed by atoms with van der Waals surface area (Å²) in [4.78, 5) is 4.73. The third-order valence-corrected chi connectivity index (χ3v) is 7.55. The first-order valence-corrected chi connectivity index (χ1v) is 14.3. The van der Waals surface area contributed by atoms with E-state index in [0.717, 1.165) is 78.6 Å². The second-order valence-corrected chi connectivity index (χ2v) is 10.5. The fourth-order valence-corrected chi connectivity index (χ4v) is 5.11. The van der Waals surface area contributed by atoms with Crippen molar-refractivity contribution < 1.29 is 23.4 Å². The van der Waals surface area contributed by atoms with Crippen molar-refractivity contribution in [2.45, 2.75) is 19.4 Å². The zero-order valence-electron chi connectivity index (χ0n) is 24.6. The summed E-state index contributed by atoms with van der Waals surface area (Å²) in [6.45, 7) is 4.47. The monoisotopic (exact) mass is 584 g/mol. The lowest BCUT2D eigenvalue weighted by atomic mass is 10.0. The lowest BCUT2D eigenvalue weighted by molar-refractivity contribution is 0.232. The molecule has 0 bridgehead atoms. The molecule has 2 aliphatic heterocycles. The van der Waals surface area contributed by atoms with Gasteiger partial charge in [-0.15, -0.1) is 5.10 Å². The molecule has 3 aliphatic rings. The summed E-state index contributed by atoms with van der Waals surface area (Å²) in [5, 5.41) is 15.2. The number of rotatable bonds is 10. The summed E-state index contributed by atoms with van der Waals surface area (Å²) in [7, 11) is 5.44. The van der Waals surface area contributed by atoms with Crippen molar-refractivity contribution in [1.82, 2.24) is 15.1 Å². The third-order valence-electron chi connectivity index (χ3n) is 7.55. The van der Waals surface area contributed by atoms with Gasteiger partial charge >= 0.3 is 6.01 Å². The average Bonchev–Trinajstić information content (AvgIpc) is 3.52. The summed E-state index contributed by atoms with van der Waals surface area (Å²) >= 11 is 0. The van der Waals surface area contributed by atoms with Crippen LogP contribution in [0.25, 0.3) is 11.5 Å². The molecule has 43 heavy (non-hydrogen) atoms. The van der Waals surface area contributed by atoms with Gasteiger partial charge in [0.25, 0.3) is 5.89 Å². The van der Waals surface area contributed by atoms with E-state index >= 15 is 0 Å². The lowest BCUT2D eigenvalue weighted by Gasteiger charge is -2.34. The molecule has 1 aliphatic carbocycles. The molecule has 3 heterocycles. The number of anilines is 3. The molecule has 0 saturated carbocycles. The maximum absolute atomic E-state index is 6.06. The Bertz CT molecular complexity index is 1550. The van der Waals surface area contributed by atoms with E-state index in [9.17, 15) is 0 Å². The van der Waals surface area contributed by atoms with Gasteiger partial charge in [-0.3, -0.25) is 5.32 Å². The van der Waals surface area contributed by atoms with Gasteiger partial charge in [-0.1, -0.05) is 23.3 Å². The summed E-state index contributed by atoms with van der Waals surface area (Å²) in [5.41, 5.74) is 4.85. The molecule has 0 radical (unpaired) electrons. The fraction of sp³-hybridized carbons (Fsp3) is 0.312. The van der Waals surface area contributed by atoms with E-state index < -0.39 is 0 Å². The molecule has 0 amide bonds. The maximum atomic E-state index is 6.06. The molecule has 0 unspecified atom stereocenters. The Morgan fingerprint density at radius 2 is 1.77 bits per heavy atom. The Kier molecular flexibility index (Phi) is 8.50. The fourth-order valence-electron chi connectivity index (χ4n) is 5.11. The largest absolute Gasteiger partial charge is 0.497 e. The second kappa shape index (κ2) is 13.0. The number of piperazine rings is 1. The van der Waals surface area contributed by atoms with Crippen LogP contribution in [0, 0.1) is 0 Å². The SMILES string of the molecule is COc1cc(CNc2cc(N3CCN(C)CC3)ccc2-c2nnc(NC3=COC=C(C4=CC=CCC4)O3)o2)cc(OC)c1. The first kappa shape index (κ1) is 28.2. The van der Waals surface area contributed by atoms with E-state index in [1.807, 2.05) is 36.4 Å². The van der Waals surface area contributed by atoms with Crippen molar-refractivity contribution >= 4 is 17.4 Å². The summed E-state index contributed by atoms with van der Waals surface area (Å²) < 4.78 is 28.5. The van der Waals surface area contributed by atoms with E-state index in [0.29, 0.717) is 24.1 Å². The normalized spacial score (nSPS) is 16.8.